The molecule has 6 heteroatoms. The Balaban J connectivity index is 4.23. The fourth-order valence-electron chi connectivity index (χ4n) is 6.45. The first-order valence-corrected chi connectivity index (χ1v) is 21.9. The molecule has 0 aliphatic heterocycles. The van der Waals surface area contributed by atoms with Gasteiger partial charge in [-0.05, 0) is 25.2 Å². The van der Waals surface area contributed by atoms with Gasteiger partial charge in [0.2, 0.25) is 0 Å². The highest BCUT2D eigenvalue weighted by molar-refractivity contribution is 5.71. The molecule has 0 aromatic carbocycles. The van der Waals surface area contributed by atoms with E-state index in [0.29, 0.717) is 19.3 Å². The lowest BCUT2D eigenvalue weighted by atomic mass is 10.0. The van der Waals surface area contributed by atoms with Gasteiger partial charge in [-0.1, -0.05) is 201 Å². The SMILES string of the molecule is CCCCCCCCCCCCC(=O)OC[C@@H](COC(=O)CCCCCCCCCCCCCCC(C)C)OC(=O)CCCCCCCCC. The van der Waals surface area contributed by atoms with Crippen LogP contribution in [-0.2, 0) is 28.6 Å². The zero-order chi connectivity index (χ0) is 36.8. The molecule has 0 N–H and O–H groups in total. The summed E-state index contributed by atoms with van der Waals surface area (Å²) < 4.78 is 16.6. The van der Waals surface area contributed by atoms with E-state index in [-0.39, 0.29) is 31.1 Å². The molecule has 0 aliphatic carbocycles. The molecular formula is C44H84O6. The molecule has 0 bridgehead atoms. The Morgan fingerprint density at radius 1 is 0.380 bits per heavy atom. The quantitative estimate of drug-likeness (QED) is 0.0359. The van der Waals surface area contributed by atoms with Crippen molar-refractivity contribution in [3.05, 3.63) is 0 Å². The number of carbonyl (C=O) groups is 3. The maximum atomic E-state index is 12.6. The van der Waals surface area contributed by atoms with Crippen molar-refractivity contribution in [2.45, 2.75) is 246 Å². The van der Waals surface area contributed by atoms with E-state index in [1.54, 1.807) is 0 Å². The summed E-state index contributed by atoms with van der Waals surface area (Å²) in [5.41, 5.74) is 0. The van der Waals surface area contributed by atoms with E-state index >= 15 is 0 Å². The van der Waals surface area contributed by atoms with Crippen LogP contribution >= 0.6 is 0 Å². The molecular weight excluding hydrogens is 624 g/mol. The van der Waals surface area contributed by atoms with Gasteiger partial charge in [-0.3, -0.25) is 14.4 Å². The molecule has 0 rings (SSSR count). The molecule has 0 aromatic heterocycles. The minimum absolute atomic E-state index is 0.0646. The number of esters is 3. The van der Waals surface area contributed by atoms with Crippen LogP contribution in [0.1, 0.15) is 240 Å². The van der Waals surface area contributed by atoms with Crippen molar-refractivity contribution in [3.63, 3.8) is 0 Å². The van der Waals surface area contributed by atoms with E-state index in [9.17, 15) is 14.4 Å². The molecule has 0 fully saturated rings. The maximum absolute atomic E-state index is 12.6. The van der Waals surface area contributed by atoms with Crippen LogP contribution in [0, 0.1) is 5.92 Å². The average molecular weight is 709 g/mol. The normalized spacial score (nSPS) is 11.9. The third-order valence-electron chi connectivity index (χ3n) is 9.79. The number of rotatable bonds is 39. The third kappa shape index (κ3) is 37.7. The highest BCUT2D eigenvalue weighted by Crippen LogP contribution is 2.16. The molecule has 6 nitrogen and oxygen atoms in total. The van der Waals surface area contributed by atoms with Gasteiger partial charge in [0.05, 0.1) is 0 Å². The largest absolute Gasteiger partial charge is 0.462 e. The Kier molecular flexibility index (Phi) is 37.4. The summed E-state index contributed by atoms with van der Waals surface area (Å²) in [5.74, 6) is -0.0306. The third-order valence-corrected chi connectivity index (χ3v) is 9.79. The van der Waals surface area contributed by atoms with E-state index in [2.05, 4.69) is 27.7 Å². The first-order valence-electron chi connectivity index (χ1n) is 21.9. The summed E-state index contributed by atoms with van der Waals surface area (Å²) in [4.78, 5) is 37.5. The smallest absolute Gasteiger partial charge is 0.306 e. The van der Waals surface area contributed by atoms with Gasteiger partial charge in [0.1, 0.15) is 13.2 Å². The number of hydrogen-bond acceptors (Lipinski definition) is 6. The summed E-state index contributed by atoms with van der Waals surface area (Å²) in [6.07, 6.45) is 36.7. The van der Waals surface area contributed by atoms with Crippen LogP contribution < -0.4 is 0 Å². The van der Waals surface area contributed by atoms with Crippen molar-refractivity contribution < 1.29 is 28.6 Å². The van der Waals surface area contributed by atoms with Crippen LogP contribution in [0.15, 0.2) is 0 Å². The number of ether oxygens (including phenoxy) is 3. The number of hydrogen-bond donors (Lipinski definition) is 0. The van der Waals surface area contributed by atoms with Crippen LogP contribution in [0.3, 0.4) is 0 Å². The lowest BCUT2D eigenvalue weighted by Gasteiger charge is -2.18. The molecule has 0 aromatic rings. The molecule has 0 amide bonds. The zero-order valence-electron chi connectivity index (χ0n) is 33.9. The molecule has 0 unspecified atom stereocenters. The summed E-state index contributed by atoms with van der Waals surface area (Å²) >= 11 is 0. The van der Waals surface area contributed by atoms with Crippen molar-refractivity contribution in [1.82, 2.24) is 0 Å². The number of carbonyl (C=O) groups excluding carboxylic acids is 3. The summed E-state index contributed by atoms with van der Waals surface area (Å²) in [6.45, 7) is 8.94. The van der Waals surface area contributed by atoms with E-state index < -0.39 is 6.10 Å². The van der Waals surface area contributed by atoms with Gasteiger partial charge in [-0.15, -0.1) is 0 Å². The van der Waals surface area contributed by atoms with Gasteiger partial charge in [0.15, 0.2) is 6.10 Å². The predicted octanol–water partition coefficient (Wildman–Crippen LogP) is 13.6. The summed E-state index contributed by atoms with van der Waals surface area (Å²) in [6, 6.07) is 0. The van der Waals surface area contributed by atoms with E-state index in [1.165, 1.54) is 135 Å². The fourth-order valence-corrected chi connectivity index (χ4v) is 6.45. The first-order chi connectivity index (χ1) is 24.4. The lowest BCUT2D eigenvalue weighted by molar-refractivity contribution is -0.167. The molecule has 0 saturated heterocycles. The van der Waals surface area contributed by atoms with Crippen LogP contribution in [-0.4, -0.2) is 37.2 Å². The lowest BCUT2D eigenvalue weighted by Crippen LogP contribution is -2.30. The molecule has 0 aliphatic rings. The standard InChI is InChI=1S/C44H84O6/c1-5-7-9-11-13-14-20-24-27-31-35-42(45)48-38-41(50-44(47)37-33-29-22-12-10-8-6-2)39-49-43(46)36-32-28-25-21-18-16-15-17-19-23-26-30-34-40(3)4/h40-41H,5-39H2,1-4H3/t41-/m0/s1. The van der Waals surface area contributed by atoms with Gasteiger partial charge in [0, 0.05) is 19.3 Å². The molecule has 1 atom stereocenters. The highest BCUT2D eigenvalue weighted by atomic mass is 16.6. The minimum atomic E-state index is -0.757. The monoisotopic (exact) mass is 709 g/mol. The second kappa shape index (κ2) is 38.6. The second-order valence-corrected chi connectivity index (χ2v) is 15.5. The Labute approximate surface area is 310 Å². The predicted molar refractivity (Wildman–Crippen MR) is 210 cm³/mol. The Morgan fingerprint density at radius 2 is 0.660 bits per heavy atom. The van der Waals surface area contributed by atoms with Crippen LogP contribution in [0.2, 0.25) is 0 Å². The van der Waals surface area contributed by atoms with E-state index in [0.717, 1.165) is 63.7 Å². The van der Waals surface area contributed by atoms with Crippen LogP contribution in [0.25, 0.3) is 0 Å². The van der Waals surface area contributed by atoms with Gasteiger partial charge >= 0.3 is 17.9 Å². The molecule has 0 radical (unpaired) electrons. The Hall–Kier alpha value is -1.59. The van der Waals surface area contributed by atoms with Crippen molar-refractivity contribution in [3.8, 4) is 0 Å². The first kappa shape index (κ1) is 48.4. The molecule has 296 valence electrons. The fraction of sp³-hybridized carbons (Fsp3) is 0.932. The maximum Gasteiger partial charge on any atom is 0.306 e. The Bertz CT molecular complexity index is 751. The summed E-state index contributed by atoms with van der Waals surface area (Å²) in [7, 11) is 0. The van der Waals surface area contributed by atoms with Gasteiger partial charge in [-0.25, -0.2) is 0 Å². The number of unbranched alkanes of at least 4 members (excludes halogenated alkanes) is 26. The van der Waals surface area contributed by atoms with E-state index in [4.69, 9.17) is 14.2 Å². The highest BCUT2D eigenvalue weighted by Gasteiger charge is 2.19. The molecule has 0 spiro atoms. The van der Waals surface area contributed by atoms with Crippen molar-refractivity contribution in [2.75, 3.05) is 13.2 Å². The summed E-state index contributed by atoms with van der Waals surface area (Å²) in [5, 5.41) is 0. The Morgan fingerprint density at radius 3 is 0.980 bits per heavy atom. The minimum Gasteiger partial charge on any atom is -0.462 e. The topological polar surface area (TPSA) is 78.9 Å². The van der Waals surface area contributed by atoms with Crippen molar-refractivity contribution >= 4 is 17.9 Å². The van der Waals surface area contributed by atoms with Crippen LogP contribution in [0.4, 0.5) is 0 Å². The molecule has 0 heterocycles. The van der Waals surface area contributed by atoms with Gasteiger partial charge < -0.3 is 14.2 Å². The second-order valence-electron chi connectivity index (χ2n) is 15.5. The zero-order valence-corrected chi connectivity index (χ0v) is 33.9. The van der Waals surface area contributed by atoms with Gasteiger partial charge in [-0.2, -0.15) is 0 Å². The van der Waals surface area contributed by atoms with E-state index in [1.807, 2.05) is 0 Å². The van der Waals surface area contributed by atoms with Gasteiger partial charge in [0.25, 0.3) is 0 Å². The van der Waals surface area contributed by atoms with Crippen molar-refractivity contribution in [1.29, 1.82) is 0 Å². The average Bonchev–Trinajstić information content (AvgIpc) is 3.09. The molecule has 0 saturated carbocycles. The van der Waals surface area contributed by atoms with Crippen molar-refractivity contribution in [2.24, 2.45) is 5.92 Å². The molecule has 50 heavy (non-hydrogen) atoms. The van der Waals surface area contributed by atoms with Crippen LogP contribution in [0.5, 0.6) is 0 Å².